The summed E-state index contributed by atoms with van der Waals surface area (Å²) in [6.45, 7) is 10.3. The van der Waals surface area contributed by atoms with E-state index >= 15 is 0 Å². The Kier molecular flexibility index (Phi) is 5.01. The predicted octanol–water partition coefficient (Wildman–Crippen LogP) is 3.50. The maximum Gasteiger partial charge on any atom is 0.306 e. The van der Waals surface area contributed by atoms with Gasteiger partial charge in [0, 0.05) is 35.9 Å². The molecule has 0 aromatic carbocycles. The van der Waals surface area contributed by atoms with Gasteiger partial charge in [-0.15, -0.1) is 16.3 Å². The van der Waals surface area contributed by atoms with E-state index in [2.05, 4.69) is 40.3 Å². The topological polar surface area (TPSA) is 80.3 Å². The Bertz CT molecular complexity index is 1320. The summed E-state index contributed by atoms with van der Waals surface area (Å²) in [6.07, 6.45) is 3.85. The van der Waals surface area contributed by atoms with Crippen LogP contribution >= 0.6 is 23.1 Å². The lowest BCUT2D eigenvalue weighted by Gasteiger charge is -2.36. The number of nitrogens with zero attached hydrogens (tertiary/aromatic N) is 5. The highest BCUT2D eigenvalue weighted by molar-refractivity contribution is 7.99. The fraction of sp³-hybridized carbons (Fsp3) is 0.545. The Morgan fingerprint density at radius 2 is 2.12 bits per heavy atom. The van der Waals surface area contributed by atoms with Gasteiger partial charge in [-0.1, -0.05) is 18.7 Å². The molecular weight excluding hydrogens is 444 g/mol. The molecule has 2 aliphatic rings. The fourth-order valence-electron chi connectivity index (χ4n) is 4.60. The van der Waals surface area contributed by atoms with Crippen molar-refractivity contribution in [2.45, 2.75) is 51.0 Å². The van der Waals surface area contributed by atoms with Crippen LogP contribution in [0.2, 0.25) is 0 Å². The number of aromatic amines is 1. The lowest BCUT2D eigenvalue weighted by Crippen LogP contribution is -2.39. The largest absolute Gasteiger partial charge is 0.378 e. The maximum atomic E-state index is 6.23. The summed E-state index contributed by atoms with van der Waals surface area (Å²) in [7, 11) is 0. The van der Waals surface area contributed by atoms with E-state index in [-0.39, 0.29) is 5.60 Å². The summed E-state index contributed by atoms with van der Waals surface area (Å²) in [5.74, 6) is 2.08. The minimum atomic E-state index is -0.214. The number of thiophene rings is 1. The van der Waals surface area contributed by atoms with Gasteiger partial charge in [0.05, 0.1) is 30.8 Å². The van der Waals surface area contributed by atoms with Crippen LogP contribution in [0, 0.1) is 0 Å². The molecular formula is C22H27N6O2S2+. The van der Waals surface area contributed by atoms with E-state index < -0.39 is 0 Å². The summed E-state index contributed by atoms with van der Waals surface area (Å²) < 4.78 is 15.0. The van der Waals surface area contributed by atoms with Gasteiger partial charge in [-0.05, 0) is 25.8 Å². The number of morpholine rings is 1. The smallest absolute Gasteiger partial charge is 0.306 e. The molecule has 6 rings (SSSR count). The van der Waals surface area contributed by atoms with Gasteiger partial charge in [0.25, 0.3) is 5.65 Å². The summed E-state index contributed by atoms with van der Waals surface area (Å²) in [5, 5.41) is 9.94. The molecule has 0 saturated carbocycles. The average molecular weight is 472 g/mol. The molecule has 1 N–H and O–H groups in total. The van der Waals surface area contributed by atoms with E-state index in [4.69, 9.17) is 19.4 Å². The van der Waals surface area contributed by atoms with Crippen molar-refractivity contribution in [2.24, 2.45) is 0 Å². The number of ether oxygens (including phenoxy) is 2. The minimum absolute atomic E-state index is 0.214. The summed E-state index contributed by atoms with van der Waals surface area (Å²) in [6, 6.07) is 0. The molecule has 4 aromatic rings. The number of aromatic nitrogens is 5. The second-order valence-corrected chi connectivity index (χ2v) is 11.1. The quantitative estimate of drug-likeness (QED) is 0.360. The molecule has 168 valence electrons. The van der Waals surface area contributed by atoms with Crippen LogP contribution in [0.15, 0.2) is 11.5 Å². The van der Waals surface area contributed by atoms with Gasteiger partial charge in [0.1, 0.15) is 15.3 Å². The fourth-order valence-corrected chi connectivity index (χ4v) is 6.52. The Morgan fingerprint density at radius 1 is 1.28 bits per heavy atom. The highest BCUT2D eigenvalue weighted by atomic mass is 32.2. The highest BCUT2D eigenvalue weighted by Gasteiger charge is 2.34. The predicted molar refractivity (Wildman–Crippen MR) is 127 cm³/mol. The molecule has 0 unspecified atom stereocenters. The first-order valence-electron chi connectivity index (χ1n) is 11.2. The minimum Gasteiger partial charge on any atom is -0.378 e. The van der Waals surface area contributed by atoms with Crippen LogP contribution in [0.3, 0.4) is 0 Å². The molecule has 0 amide bonds. The van der Waals surface area contributed by atoms with E-state index in [9.17, 15) is 0 Å². The molecule has 0 bridgehead atoms. The van der Waals surface area contributed by atoms with Crippen molar-refractivity contribution < 1.29 is 13.9 Å². The zero-order chi connectivity index (χ0) is 21.9. The molecule has 6 heterocycles. The third kappa shape index (κ3) is 3.27. The van der Waals surface area contributed by atoms with Gasteiger partial charge in [-0.2, -0.15) is 9.50 Å². The number of anilines is 1. The summed E-state index contributed by atoms with van der Waals surface area (Å²) in [5.41, 5.74) is 4.32. The lowest BCUT2D eigenvalue weighted by atomic mass is 9.90. The van der Waals surface area contributed by atoms with Crippen LogP contribution < -0.4 is 9.30 Å². The lowest BCUT2D eigenvalue weighted by molar-refractivity contribution is -0.558. The van der Waals surface area contributed by atoms with E-state index in [0.29, 0.717) is 6.61 Å². The molecule has 0 radical (unpaired) electrons. The molecule has 0 atom stereocenters. The first-order valence-corrected chi connectivity index (χ1v) is 13.0. The van der Waals surface area contributed by atoms with Gasteiger partial charge >= 0.3 is 5.16 Å². The number of thioether (sulfide) groups is 1. The number of pyridine rings is 1. The number of H-pyrrole nitrogens is 1. The standard InChI is InChI=1S/C22H26N6O2S2/c1-4-9-31-21-26-25-19-17-16(23-12-28(19)21)15-13-10-22(2,3)30-11-14(13)18(24-20(15)32-17)27-5-7-29-8-6-27/h12H,4-11H2,1-3H3/p+1. The molecule has 4 aromatic heterocycles. The van der Waals surface area contributed by atoms with Gasteiger partial charge in [-0.25, -0.2) is 4.98 Å². The van der Waals surface area contributed by atoms with Crippen LogP contribution in [-0.2, 0) is 22.5 Å². The number of hydrogen-bond acceptors (Lipinski definition) is 8. The monoisotopic (exact) mass is 471 g/mol. The van der Waals surface area contributed by atoms with Crippen LogP contribution in [0.1, 0.15) is 38.3 Å². The van der Waals surface area contributed by atoms with E-state index in [0.717, 1.165) is 76.6 Å². The average Bonchev–Trinajstić information content (AvgIpc) is 3.38. The zero-order valence-electron chi connectivity index (χ0n) is 18.6. The Hall–Kier alpha value is -2.01. The molecule has 1 saturated heterocycles. The normalized spacial score (nSPS) is 18.7. The molecule has 32 heavy (non-hydrogen) atoms. The molecule has 0 aliphatic carbocycles. The second kappa shape index (κ2) is 7.79. The summed E-state index contributed by atoms with van der Waals surface area (Å²) >= 11 is 3.46. The van der Waals surface area contributed by atoms with Gasteiger partial charge in [-0.3, -0.25) is 0 Å². The SMILES string of the molecule is CCCSc1n[nH]c2c3sc4nc(N5CCOCC5)c5c(c4c3nc[n+]12)CC(C)(C)OC5. The number of rotatable bonds is 4. The van der Waals surface area contributed by atoms with Crippen molar-refractivity contribution in [1.29, 1.82) is 0 Å². The summed E-state index contributed by atoms with van der Waals surface area (Å²) in [4.78, 5) is 13.5. The zero-order valence-corrected chi connectivity index (χ0v) is 20.2. The van der Waals surface area contributed by atoms with E-state index in [1.165, 1.54) is 16.5 Å². The third-order valence-electron chi connectivity index (χ3n) is 6.19. The first kappa shape index (κ1) is 20.6. The van der Waals surface area contributed by atoms with Crippen molar-refractivity contribution in [3.05, 3.63) is 17.5 Å². The van der Waals surface area contributed by atoms with Crippen molar-refractivity contribution in [3.63, 3.8) is 0 Å². The molecule has 10 heteroatoms. The molecule has 1 fully saturated rings. The van der Waals surface area contributed by atoms with Gasteiger partial charge < -0.3 is 14.4 Å². The van der Waals surface area contributed by atoms with Crippen LogP contribution in [0.4, 0.5) is 5.82 Å². The van der Waals surface area contributed by atoms with Crippen LogP contribution in [0.5, 0.6) is 0 Å². The molecule has 2 aliphatic heterocycles. The number of hydrogen-bond donors (Lipinski definition) is 1. The second-order valence-electron chi connectivity index (χ2n) is 8.99. The number of nitrogens with one attached hydrogen (secondary N) is 1. The molecule has 0 spiro atoms. The highest BCUT2D eigenvalue weighted by Crippen LogP contribution is 2.43. The van der Waals surface area contributed by atoms with Crippen LogP contribution in [-0.4, -0.2) is 57.8 Å². The maximum absolute atomic E-state index is 6.23. The van der Waals surface area contributed by atoms with Crippen molar-refractivity contribution in [1.82, 2.24) is 20.2 Å². The third-order valence-corrected chi connectivity index (χ3v) is 8.42. The van der Waals surface area contributed by atoms with Gasteiger partial charge in [0.15, 0.2) is 5.52 Å². The van der Waals surface area contributed by atoms with E-state index in [1.807, 2.05) is 6.33 Å². The Labute approximate surface area is 194 Å². The van der Waals surface area contributed by atoms with E-state index in [1.54, 1.807) is 23.1 Å². The first-order chi connectivity index (χ1) is 15.6. The van der Waals surface area contributed by atoms with Crippen molar-refractivity contribution >= 4 is 55.0 Å². The van der Waals surface area contributed by atoms with Gasteiger partial charge in [0.2, 0.25) is 6.33 Å². The van der Waals surface area contributed by atoms with Crippen molar-refractivity contribution in [3.8, 4) is 0 Å². The molecule has 8 nitrogen and oxygen atoms in total. The number of fused-ring (bicyclic) bond motifs is 7. The van der Waals surface area contributed by atoms with Crippen LogP contribution in [0.25, 0.3) is 26.1 Å². The van der Waals surface area contributed by atoms with Crippen molar-refractivity contribution in [2.75, 3.05) is 37.0 Å². The Balaban J connectivity index is 1.60. The Morgan fingerprint density at radius 3 is 2.94 bits per heavy atom.